The van der Waals surface area contributed by atoms with Gasteiger partial charge in [0.2, 0.25) is 0 Å². The van der Waals surface area contributed by atoms with E-state index in [1.807, 2.05) is 24.3 Å². The van der Waals surface area contributed by atoms with Crippen LogP contribution >= 0.6 is 0 Å². The summed E-state index contributed by atoms with van der Waals surface area (Å²) in [6, 6.07) is 14.0. The average molecular weight is 367 g/mol. The zero-order valence-electron chi connectivity index (χ0n) is 16.5. The number of nitrogens with one attached hydrogen (secondary N) is 1. The van der Waals surface area contributed by atoms with E-state index in [2.05, 4.69) is 42.3 Å². The topological polar surface area (TPSA) is 41.6 Å². The van der Waals surface area contributed by atoms with Gasteiger partial charge in [0.15, 0.2) is 0 Å². The number of amides is 1. The second-order valence-electron chi connectivity index (χ2n) is 7.38. The van der Waals surface area contributed by atoms with Gasteiger partial charge < -0.3 is 10.1 Å². The third-order valence-corrected chi connectivity index (χ3v) is 5.21. The molecule has 144 valence electrons. The molecular weight excluding hydrogens is 336 g/mol. The van der Waals surface area contributed by atoms with Crippen molar-refractivity contribution < 1.29 is 9.53 Å². The quantitative estimate of drug-likeness (QED) is 0.750. The first kappa shape index (κ1) is 19.4. The van der Waals surface area contributed by atoms with Crippen LogP contribution < -0.4 is 10.1 Å². The lowest BCUT2D eigenvalue weighted by Crippen LogP contribution is -2.29. The highest BCUT2D eigenvalue weighted by atomic mass is 16.5. The molecule has 0 aromatic heterocycles. The van der Waals surface area contributed by atoms with Crippen LogP contribution in [0, 0.1) is 13.8 Å². The Kier molecular flexibility index (Phi) is 6.88. The zero-order chi connectivity index (χ0) is 19.1. The molecule has 0 aliphatic carbocycles. The van der Waals surface area contributed by atoms with E-state index in [9.17, 15) is 4.79 Å². The molecule has 1 heterocycles. The number of piperidine rings is 1. The summed E-state index contributed by atoms with van der Waals surface area (Å²) < 4.78 is 5.71. The smallest absolute Gasteiger partial charge is 0.251 e. The van der Waals surface area contributed by atoms with Crippen LogP contribution in [0.15, 0.2) is 42.5 Å². The molecule has 1 fully saturated rings. The van der Waals surface area contributed by atoms with E-state index >= 15 is 0 Å². The molecule has 3 rings (SSSR count). The molecule has 1 amide bonds. The molecular formula is C23H30N2O2. The van der Waals surface area contributed by atoms with E-state index in [1.54, 1.807) is 0 Å². The summed E-state index contributed by atoms with van der Waals surface area (Å²) in [5.41, 5.74) is 4.43. The number of carbonyl (C=O) groups excluding carboxylic acids is 1. The molecule has 1 aliphatic heterocycles. The van der Waals surface area contributed by atoms with Crippen LogP contribution in [-0.2, 0) is 6.54 Å². The lowest BCUT2D eigenvalue weighted by atomic mass is 10.1. The maximum atomic E-state index is 12.3. The highest BCUT2D eigenvalue weighted by Crippen LogP contribution is 2.16. The molecule has 0 radical (unpaired) electrons. The monoisotopic (exact) mass is 366 g/mol. The summed E-state index contributed by atoms with van der Waals surface area (Å²) in [6.07, 6.45) is 3.94. The van der Waals surface area contributed by atoms with Crippen molar-refractivity contribution in [2.75, 3.05) is 26.2 Å². The number of carbonyl (C=O) groups is 1. The fraction of sp³-hybridized carbons (Fsp3) is 0.435. The highest BCUT2D eigenvalue weighted by Gasteiger charge is 2.11. The van der Waals surface area contributed by atoms with Crippen molar-refractivity contribution in [3.8, 4) is 5.75 Å². The first-order valence-electron chi connectivity index (χ1n) is 9.91. The molecule has 2 aromatic rings. The van der Waals surface area contributed by atoms with Gasteiger partial charge in [-0.3, -0.25) is 9.69 Å². The van der Waals surface area contributed by atoms with Crippen molar-refractivity contribution in [1.29, 1.82) is 0 Å². The number of ether oxygens (including phenoxy) is 1. The predicted octanol–water partition coefficient (Wildman–Crippen LogP) is 4.10. The largest absolute Gasteiger partial charge is 0.492 e. The minimum absolute atomic E-state index is 0.0526. The maximum absolute atomic E-state index is 12.3. The summed E-state index contributed by atoms with van der Waals surface area (Å²) in [7, 11) is 0. The van der Waals surface area contributed by atoms with Crippen molar-refractivity contribution in [2.45, 2.75) is 39.7 Å². The molecule has 1 N–H and O–H groups in total. The van der Waals surface area contributed by atoms with Gasteiger partial charge in [-0.25, -0.2) is 0 Å². The molecule has 0 unspecified atom stereocenters. The fourth-order valence-corrected chi connectivity index (χ4v) is 3.38. The van der Waals surface area contributed by atoms with Crippen LogP contribution in [0.1, 0.15) is 46.3 Å². The van der Waals surface area contributed by atoms with E-state index in [0.717, 1.165) is 12.3 Å². The molecule has 0 atom stereocenters. The van der Waals surface area contributed by atoms with Crippen LogP contribution in [0.5, 0.6) is 5.75 Å². The Balaban J connectivity index is 1.41. The molecule has 1 aliphatic rings. The van der Waals surface area contributed by atoms with E-state index in [-0.39, 0.29) is 5.91 Å². The number of benzene rings is 2. The maximum Gasteiger partial charge on any atom is 0.251 e. The minimum Gasteiger partial charge on any atom is -0.492 e. The number of hydrogen-bond donors (Lipinski definition) is 1. The molecule has 4 nitrogen and oxygen atoms in total. The van der Waals surface area contributed by atoms with E-state index in [0.29, 0.717) is 18.7 Å². The minimum atomic E-state index is -0.0526. The summed E-state index contributed by atoms with van der Waals surface area (Å²) in [6.45, 7) is 8.44. The van der Waals surface area contributed by atoms with Gasteiger partial charge in [-0.05, 0) is 80.7 Å². The summed E-state index contributed by atoms with van der Waals surface area (Å²) in [4.78, 5) is 14.8. The van der Waals surface area contributed by atoms with E-state index < -0.39 is 0 Å². The lowest BCUT2D eigenvalue weighted by molar-refractivity contribution is 0.0947. The number of likely N-dealkylation sites (tertiary alicyclic amines) is 1. The Morgan fingerprint density at radius 2 is 1.74 bits per heavy atom. The van der Waals surface area contributed by atoms with Gasteiger partial charge in [0, 0.05) is 12.1 Å². The van der Waals surface area contributed by atoms with Crippen molar-refractivity contribution in [2.24, 2.45) is 0 Å². The lowest BCUT2D eigenvalue weighted by Gasteiger charge is -2.26. The number of rotatable bonds is 7. The van der Waals surface area contributed by atoms with Gasteiger partial charge >= 0.3 is 0 Å². The van der Waals surface area contributed by atoms with Gasteiger partial charge in [-0.15, -0.1) is 0 Å². The summed E-state index contributed by atoms with van der Waals surface area (Å²) in [5, 5.41) is 2.92. The standard InChI is InChI=1S/C23H30N2O2/c1-18-6-11-22(16-19(18)2)27-15-12-24-23(26)21-9-7-20(8-10-21)17-25-13-4-3-5-14-25/h6-11,16H,3-5,12-15,17H2,1-2H3,(H,24,26). The van der Waals surface area contributed by atoms with Gasteiger partial charge in [0.1, 0.15) is 12.4 Å². The highest BCUT2D eigenvalue weighted by molar-refractivity contribution is 5.94. The predicted molar refractivity (Wildman–Crippen MR) is 109 cm³/mol. The third kappa shape index (κ3) is 5.83. The van der Waals surface area contributed by atoms with Crippen molar-refractivity contribution in [1.82, 2.24) is 10.2 Å². The molecule has 1 saturated heterocycles. The van der Waals surface area contributed by atoms with Gasteiger partial charge in [-0.1, -0.05) is 24.6 Å². The zero-order valence-corrected chi connectivity index (χ0v) is 16.5. The van der Waals surface area contributed by atoms with Crippen molar-refractivity contribution in [3.05, 3.63) is 64.7 Å². The molecule has 0 saturated carbocycles. The Labute approximate surface area is 162 Å². The first-order chi connectivity index (χ1) is 13.1. The van der Waals surface area contributed by atoms with Crippen LogP contribution in [0.25, 0.3) is 0 Å². The summed E-state index contributed by atoms with van der Waals surface area (Å²) >= 11 is 0. The van der Waals surface area contributed by atoms with Gasteiger partial charge in [0.05, 0.1) is 6.54 Å². The number of nitrogens with zero attached hydrogens (tertiary/aromatic N) is 1. The van der Waals surface area contributed by atoms with Crippen LogP contribution in [0.2, 0.25) is 0 Å². The molecule has 4 heteroatoms. The van der Waals surface area contributed by atoms with Crippen LogP contribution in [-0.4, -0.2) is 37.0 Å². The SMILES string of the molecule is Cc1ccc(OCCNC(=O)c2ccc(CN3CCCCC3)cc2)cc1C. The molecule has 27 heavy (non-hydrogen) atoms. The third-order valence-electron chi connectivity index (χ3n) is 5.21. The Morgan fingerprint density at radius 1 is 1.00 bits per heavy atom. The van der Waals surface area contributed by atoms with Gasteiger partial charge in [-0.2, -0.15) is 0 Å². The second-order valence-corrected chi connectivity index (χ2v) is 7.38. The van der Waals surface area contributed by atoms with E-state index in [1.165, 1.54) is 49.0 Å². The number of aryl methyl sites for hydroxylation is 2. The number of hydrogen-bond acceptors (Lipinski definition) is 3. The second kappa shape index (κ2) is 9.56. The Morgan fingerprint density at radius 3 is 2.44 bits per heavy atom. The van der Waals surface area contributed by atoms with Crippen LogP contribution in [0.3, 0.4) is 0 Å². The van der Waals surface area contributed by atoms with Crippen molar-refractivity contribution >= 4 is 5.91 Å². The first-order valence-corrected chi connectivity index (χ1v) is 9.91. The average Bonchev–Trinajstić information content (AvgIpc) is 2.69. The molecule has 0 spiro atoms. The Bertz CT molecular complexity index is 749. The van der Waals surface area contributed by atoms with Crippen LogP contribution in [0.4, 0.5) is 0 Å². The summed E-state index contributed by atoms with van der Waals surface area (Å²) in [5.74, 6) is 0.789. The van der Waals surface area contributed by atoms with Crippen molar-refractivity contribution in [3.63, 3.8) is 0 Å². The molecule has 0 bridgehead atoms. The fourth-order valence-electron chi connectivity index (χ4n) is 3.38. The molecule has 2 aromatic carbocycles. The normalized spacial score (nSPS) is 14.7. The van der Waals surface area contributed by atoms with E-state index in [4.69, 9.17) is 4.74 Å². The Hall–Kier alpha value is -2.33. The van der Waals surface area contributed by atoms with Gasteiger partial charge in [0.25, 0.3) is 5.91 Å².